The van der Waals surface area contributed by atoms with Crippen LogP contribution < -0.4 is 0 Å². The molecule has 0 aromatic heterocycles. The summed E-state index contributed by atoms with van der Waals surface area (Å²) in [6.07, 6.45) is 1.71. The molecule has 1 rings (SSSR count). The molecule has 0 aliphatic heterocycles. The lowest BCUT2D eigenvalue weighted by Gasteiger charge is -1.98. The van der Waals surface area contributed by atoms with Gasteiger partial charge in [-0.05, 0) is 11.6 Å². The summed E-state index contributed by atoms with van der Waals surface area (Å²) in [4.78, 5) is 0.791. The van der Waals surface area contributed by atoms with E-state index in [0.717, 1.165) is 10.5 Å². The quantitative estimate of drug-likeness (QED) is 0.615. The zero-order chi connectivity index (χ0) is 7.56. The molecule has 1 aromatic rings. The van der Waals surface area contributed by atoms with Crippen LogP contribution in [0.1, 0.15) is 5.56 Å². The van der Waals surface area contributed by atoms with Crippen LogP contribution in [0.25, 0.3) is 6.08 Å². The number of halogens is 1. The Hall–Kier alpha value is -0.400. The zero-order valence-electron chi connectivity index (χ0n) is 5.34. The van der Waals surface area contributed by atoms with Crippen LogP contribution in [-0.4, -0.2) is 0 Å². The first-order valence-electron chi connectivity index (χ1n) is 2.85. The molecule has 52 valence electrons. The summed E-state index contributed by atoms with van der Waals surface area (Å²) >= 11 is 9.99. The molecular weight excluding hydrogens is 164 g/mol. The number of rotatable bonds is 1. The van der Waals surface area contributed by atoms with Gasteiger partial charge in [0.2, 0.25) is 0 Å². The maximum absolute atomic E-state index is 5.85. The van der Waals surface area contributed by atoms with Crippen molar-refractivity contribution in [3.63, 3.8) is 0 Å². The minimum absolute atomic E-state index is 0.667. The van der Waals surface area contributed by atoms with E-state index in [0.29, 0.717) is 5.02 Å². The van der Waals surface area contributed by atoms with E-state index in [1.54, 1.807) is 6.08 Å². The summed E-state index contributed by atoms with van der Waals surface area (Å²) in [5.41, 5.74) is 0.925. The molecule has 0 bridgehead atoms. The van der Waals surface area contributed by atoms with E-state index in [4.69, 9.17) is 11.6 Å². The standard InChI is InChI=1S/C8H7ClS/c1-2-6-4-3-5-7(10)8(6)9/h2-5,10H,1H2. The van der Waals surface area contributed by atoms with Gasteiger partial charge in [-0.2, -0.15) is 0 Å². The third-order valence-electron chi connectivity index (χ3n) is 1.23. The average molecular weight is 171 g/mol. The van der Waals surface area contributed by atoms with Gasteiger partial charge in [0.15, 0.2) is 0 Å². The molecule has 0 spiro atoms. The Morgan fingerprint density at radius 3 is 2.70 bits per heavy atom. The van der Waals surface area contributed by atoms with E-state index in [-0.39, 0.29) is 0 Å². The second kappa shape index (κ2) is 3.13. The van der Waals surface area contributed by atoms with Crippen molar-refractivity contribution in [2.24, 2.45) is 0 Å². The normalized spacial score (nSPS) is 9.40. The predicted octanol–water partition coefficient (Wildman–Crippen LogP) is 3.27. The lowest BCUT2D eigenvalue weighted by Crippen LogP contribution is -1.74. The van der Waals surface area contributed by atoms with Gasteiger partial charge >= 0.3 is 0 Å². The summed E-state index contributed by atoms with van der Waals surface area (Å²) in [5.74, 6) is 0. The summed E-state index contributed by atoms with van der Waals surface area (Å²) < 4.78 is 0. The Morgan fingerprint density at radius 1 is 1.50 bits per heavy atom. The first kappa shape index (κ1) is 7.70. The second-order valence-electron chi connectivity index (χ2n) is 1.88. The van der Waals surface area contributed by atoms with Gasteiger partial charge in [0.1, 0.15) is 0 Å². The fourth-order valence-electron chi connectivity index (χ4n) is 0.695. The third-order valence-corrected chi connectivity index (χ3v) is 2.15. The summed E-state index contributed by atoms with van der Waals surface area (Å²) in [7, 11) is 0. The van der Waals surface area contributed by atoms with Gasteiger partial charge in [0, 0.05) is 4.90 Å². The van der Waals surface area contributed by atoms with Crippen LogP contribution in [0, 0.1) is 0 Å². The molecule has 0 radical (unpaired) electrons. The molecule has 0 saturated carbocycles. The maximum atomic E-state index is 5.85. The predicted molar refractivity (Wildman–Crippen MR) is 48.8 cm³/mol. The Labute approximate surface area is 70.9 Å². The monoisotopic (exact) mass is 170 g/mol. The van der Waals surface area contributed by atoms with E-state index in [2.05, 4.69) is 19.2 Å². The molecule has 0 unspecified atom stereocenters. The van der Waals surface area contributed by atoms with E-state index in [1.165, 1.54) is 0 Å². The molecule has 0 N–H and O–H groups in total. The van der Waals surface area contributed by atoms with E-state index >= 15 is 0 Å². The van der Waals surface area contributed by atoms with Crippen molar-refractivity contribution >= 4 is 30.3 Å². The van der Waals surface area contributed by atoms with Crippen LogP contribution in [0.2, 0.25) is 5.02 Å². The molecule has 0 nitrogen and oxygen atoms in total. The first-order valence-corrected chi connectivity index (χ1v) is 3.68. The highest BCUT2D eigenvalue weighted by Crippen LogP contribution is 2.24. The Kier molecular flexibility index (Phi) is 2.41. The molecule has 0 atom stereocenters. The van der Waals surface area contributed by atoms with Gasteiger partial charge < -0.3 is 0 Å². The first-order chi connectivity index (χ1) is 4.75. The van der Waals surface area contributed by atoms with E-state index < -0.39 is 0 Å². The Morgan fingerprint density at radius 2 is 2.20 bits per heavy atom. The molecule has 1 aromatic carbocycles. The largest absolute Gasteiger partial charge is 0.142 e. The average Bonchev–Trinajstić information content (AvgIpc) is 1.95. The van der Waals surface area contributed by atoms with E-state index in [1.807, 2.05) is 18.2 Å². The summed E-state index contributed by atoms with van der Waals surface area (Å²) in [6.45, 7) is 3.61. The molecule has 0 amide bonds. The highest BCUT2D eigenvalue weighted by Gasteiger charge is 1.97. The van der Waals surface area contributed by atoms with Gasteiger partial charge in [0.05, 0.1) is 5.02 Å². The van der Waals surface area contributed by atoms with Crippen LogP contribution in [0.15, 0.2) is 29.7 Å². The van der Waals surface area contributed by atoms with Gasteiger partial charge in [-0.25, -0.2) is 0 Å². The van der Waals surface area contributed by atoms with Crippen LogP contribution >= 0.6 is 24.2 Å². The van der Waals surface area contributed by atoms with Crippen LogP contribution in [0.5, 0.6) is 0 Å². The van der Waals surface area contributed by atoms with Crippen molar-refractivity contribution in [3.05, 3.63) is 35.4 Å². The van der Waals surface area contributed by atoms with Crippen molar-refractivity contribution in [2.45, 2.75) is 4.90 Å². The summed E-state index contributed by atoms with van der Waals surface area (Å²) in [6, 6.07) is 5.64. The van der Waals surface area contributed by atoms with Crippen LogP contribution in [-0.2, 0) is 0 Å². The van der Waals surface area contributed by atoms with Gasteiger partial charge in [-0.3, -0.25) is 0 Å². The van der Waals surface area contributed by atoms with Gasteiger partial charge in [0.25, 0.3) is 0 Å². The van der Waals surface area contributed by atoms with Gasteiger partial charge in [-0.15, -0.1) is 12.6 Å². The lowest BCUT2D eigenvalue weighted by atomic mass is 10.2. The molecule has 0 fully saturated rings. The molecule has 10 heavy (non-hydrogen) atoms. The highest BCUT2D eigenvalue weighted by molar-refractivity contribution is 7.80. The van der Waals surface area contributed by atoms with Crippen molar-refractivity contribution in [1.82, 2.24) is 0 Å². The van der Waals surface area contributed by atoms with E-state index in [9.17, 15) is 0 Å². The topological polar surface area (TPSA) is 0 Å². The fourth-order valence-corrected chi connectivity index (χ4v) is 1.11. The molecule has 0 aliphatic rings. The molecule has 2 heteroatoms. The van der Waals surface area contributed by atoms with Crippen molar-refractivity contribution < 1.29 is 0 Å². The number of hydrogen-bond donors (Lipinski definition) is 1. The summed E-state index contributed by atoms with van der Waals surface area (Å²) in [5, 5.41) is 0.667. The smallest absolute Gasteiger partial charge is 0.0611 e. The van der Waals surface area contributed by atoms with Crippen LogP contribution in [0.4, 0.5) is 0 Å². The fraction of sp³-hybridized carbons (Fsp3) is 0. The molecule has 0 aliphatic carbocycles. The van der Waals surface area contributed by atoms with Crippen molar-refractivity contribution in [3.8, 4) is 0 Å². The Bertz CT molecular complexity index is 255. The second-order valence-corrected chi connectivity index (χ2v) is 2.74. The highest BCUT2D eigenvalue weighted by atomic mass is 35.5. The minimum Gasteiger partial charge on any atom is -0.142 e. The SMILES string of the molecule is C=Cc1cccc(S)c1Cl. The van der Waals surface area contributed by atoms with Crippen LogP contribution in [0.3, 0.4) is 0 Å². The van der Waals surface area contributed by atoms with Gasteiger partial charge in [-0.1, -0.05) is 36.4 Å². The Balaban J connectivity index is 3.27. The molecule has 0 saturated heterocycles. The number of hydrogen-bond acceptors (Lipinski definition) is 1. The lowest BCUT2D eigenvalue weighted by molar-refractivity contribution is 1.46. The molecule has 0 heterocycles. The third kappa shape index (κ3) is 1.36. The number of benzene rings is 1. The zero-order valence-corrected chi connectivity index (χ0v) is 6.99. The number of thiol groups is 1. The van der Waals surface area contributed by atoms with Crippen molar-refractivity contribution in [2.75, 3.05) is 0 Å². The minimum atomic E-state index is 0.667. The maximum Gasteiger partial charge on any atom is 0.0611 e. The molecular formula is C8H7ClS. The van der Waals surface area contributed by atoms with Crippen molar-refractivity contribution in [1.29, 1.82) is 0 Å².